The molecule has 2 atom stereocenters. The van der Waals surface area contributed by atoms with E-state index >= 15 is 0 Å². The van der Waals surface area contributed by atoms with Crippen molar-refractivity contribution in [3.63, 3.8) is 0 Å². The number of aromatic nitrogens is 3. The maximum absolute atomic E-state index is 14.8. The molecule has 1 aliphatic carbocycles. The van der Waals surface area contributed by atoms with Crippen molar-refractivity contribution in [2.75, 3.05) is 26.2 Å². The second-order valence-electron chi connectivity index (χ2n) is 11.4. The van der Waals surface area contributed by atoms with Crippen LogP contribution in [0.25, 0.3) is 0 Å². The predicted octanol–water partition coefficient (Wildman–Crippen LogP) is 1.91. The Kier molecular flexibility index (Phi) is 6.72. The molecular weight excluding hydrogens is 477 g/mol. The number of rotatable bonds is 3. The molecule has 1 aromatic heterocycles. The van der Waals surface area contributed by atoms with Crippen molar-refractivity contribution in [2.45, 2.75) is 52.5 Å². The smallest absolute Gasteiger partial charge is 0.294 e. The minimum absolute atomic E-state index is 0.0380. The molecular formula is C26H34FN7O3. The molecule has 2 unspecified atom stereocenters. The van der Waals surface area contributed by atoms with E-state index < -0.39 is 29.5 Å². The Morgan fingerprint density at radius 2 is 1.70 bits per heavy atom. The van der Waals surface area contributed by atoms with E-state index in [-0.39, 0.29) is 35.9 Å². The van der Waals surface area contributed by atoms with E-state index in [4.69, 9.17) is 0 Å². The molecule has 0 spiro atoms. The van der Waals surface area contributed by atoms with Crippen molar-refractivity contribution in [1.82, 2.24) is 30.1 Å². The Morgan fingerprint density at radius 3 is 2.32 bits per heavy atom. The molecule has 4 aliphatic rings. The fourth-order valence-electron chi connectivity index (χ4n) is 5.97. The van der Waals surface area contributed by atoms with Gasteiger partial charge >= 0.3 is 0 Å². The van der Waals surface area contributed by atoms with Gasteiger partial charge in [0.2, 0.25) is 11.7 Å². The van der Waals surface area contributed by atoms with E-state index in [9.17, 15) is 18.8 Å². The van der Waals surface area contributed by atoms with E-state index in [1.807, 2.05) is 4.90 Å². The average molecular weight is 512 g/mol. The van der Waals surface area contributed by atoms with Gasteiger partial charge in [-0.15, -0.1) is 5.10 Å². The number of aliphatic imine (C=N–C) groups is 1. The topological polar surface area (TPSA) is 113 Å². The van der Waals surface area contributed by atoms with Crippen molar-refractivity contribution >= 4 is 23.4 Å². The molecule has 5 rings (SSSR count). The van der Waals surface area contributed by atoms with E-state index in [0.29, 0.717) is 24.8 Å². The number of piperazine rings is 1. The van der Waals surface area contributed by atoms with Crippen LogP contribution >= 0.6 is 0 Å². The highest BCUT2D eigenvalue weighted by atomic mass is 19.1. The van der Waals surface area contributed by atoms with Gasteiger partial charge in [0.05, 0.1) is 30.6 Å². The maximum atomic E-state index is 14.8. The zero-order valence-electron chi connectivity index (χ0n) is 21.6. The van der Waals surface area contributed by atoms with Gasteiger partial charge in [0.15, 0.2) is 5.84 Å². The van der Waals surface area contributed by atoms with Gasteiger partial charge in [0.25, 0.3) is 5.91 Å². The molecule has 0 bridgehead atoms. The number of halogens is 1. The fourth-order valence-corrected chi connectivity index (χ4v) is 5.97. The van der Waals surface area contributed by atoms with Crippen molar-refractivity contribution in [2.24, 2.45) is 28.2 Å². The van der Waals surface area contributed by atoms with Crippen LogP contribution in [0.2, 0.25) is 0 Å². The predicted molar refractivity (Wildman–Crippen MR) is 134 cm³/mol. The third-order valence-electron chi connectivity index (χ3n) is 8.28. The van der Waals surface area contributed by atoms with Gasteiger partial charge in [-0.25, -0.2) is 14.1 Å². The summed E-state index contributed by atoms with van der Waals surface area (Å²) in [5.74, 6) is -1.76. The molecule has 1 saturated carbocycles. The highest BCUT2D eigenvalue weighted by molar-refractivity contribution is 6.43. The quantitative estimate of drug-likeness (QED) is 0.621. The molecule has 2 fully saturated rings. The second-order valence-corrected chi connectivity index (χ2v) is 11.4. The molecule has 10 nitrogen and oxygen atoms in total. The number of carbonyl (C=O) groups is 3. The van der Waals surface area contributed by atoms with E-state index in [1.54, 1.807) is 6.20 Å². The van der Waals surface area contributed by atoms with Gasteiger partial charge in [0.1, 0.15) is 5.83 Å². The summed E-state index contributed by atoms with van der Waals surface area (Å²) in [5.41, 5.74) is 0.322. The van der Waals surface area contributed by atoms with E-state index in [0.717, 1.165) is 31.9 Å². The van der Waals surface area contributed by atoms with Crippen LogP contribution in [0.15, 0.2) is 41.2 Å². The van der Waals surface area contributed by atoms with Crippen LogP contribution in [-0.4, -0.2) is 80.4 Å². The van der Waals surface area contributed by atoms with Crippen molar-refractivity contribution in [3.8, 4) is 0 Å². The van der Waals surface area contributed by atoms with E-state index in [1.165, 1.54) is 22.0 Å². The first-order valence-corrected chi connectivity index (χ1v) is 13.0. The fraction of sp³-hybridized carbons (Fsp3) is 0.615. The lowest BCUT2D eigenvalue weighted by Gasteiger charge is -2.40. The molecule has 4 heterocycles. The lowest BCUT2D eigenvalue weighted by molar-refractivity contribution is -0.147. The largest absolute Gasteiger partial charge is 0.380 e. The number of nitrogens with zero attached hydrogens (tertiary/aromatic N) is 6. The molecule has 37 heavy (non-hydrogen) atoms. The SMILES string of the molecule is CC(C)(C)C1CCC(C(=O)N2CCN(C(=O)C(=O)C3=CNC4C(n5ccnn5)=NC=C(F)C34)CC2)CC1. The Morgan fingerprint density at radius 1 is 1.03 bits per heavy atom. The van der Waals surface area contributed by atoms with Crippen LogP contribution in [0.1, 0.15) is 46.5 Å². The first-order chi connectivity index (χ1) is 17.6. The highest BCUT2D eigenvalue weighted by Gasteiger charge is 2.45. The summed E-state index contributed by atoms with van der Waals surface area (Å²) in [7, 11) is 0. The normalized spacial score (nSPS) is 28.1. The van der Waals surface area contributed by atoms with Gasteiger partial charge in [-0.1, -0.05) is 26.0 Å². The Bertz CT molecular complexity index is 1150. The summed E-state index contributed by atoms with van der Waals surface area (Å²) in [6.07, 6.45) is 9.44. The highest BCUT2D eigenvalue weighted by Crippen LogP contribution is 2.40. The third kappa shape index (κ3) is 4.83. The Labute approximate surface area is 215 Å². The number of hydrogen-bond donors (Lipinski definition) is 1. The molecule has 1 saturated heterocycles. The zero-order valence-corrected chi connectivity index (χ0v) is 21.6. The second kappa shape index (κ2) is 9.83. The van der Waals surface area contributed by atoms with Crippen LogP contribution in [0, 0.1) is 23.2 Å². The molecule has 0 radical (unpaired) electrons. The van der Waals surface area contributed by atoms with Gasteiger partial charge in [-0.3, -0.25) is 14.4 Å². The Balaban J connectivity index is 1.16. The minimum atomic E-state index is -0.959. The van der Waals surface area contributed by atoms with Crippen LogP contribution in [-0.2, 0) is 14.4 Å². The number of hydrogen-bond acceptors (Lipinski definition) is 7. The molecule has 3 aliphatic heterocycles. The van der Waals surface area contributed by atoms with Crippen molar-refractivity contribution in [3.05, 3.63) is 36.2 Å². The van der Waals surface area contributed by atoms with Gasteiger partial charge in [-0.05, 0) is 37.0 Å². The molecule has 2 amide bonds. The average Bonchev–Trinajstić information content (AvgIpc) is 3.59. The minimum Gasteiger partial charge on any atom is -0.380 e. The maximum Gasteiger partial charge on any atom is 0.294 e. The van der Waals surface area contributed by atoms with Crippen molar-refractivity contribution in [1.29, 1.82) is 0 Å². The number of Topliss-reactive ketones (excluding diaryl/α,β-unsaturated/α-hetero) is 1. The first-order valence-electron chi connectivity index (χ1n) is 13.0. The van der Waals surface area contributed by atoms with Crippen LogP contribution in [0.5, 0.6) is 0 Å². The molecule has 1 aromatic rings. The van der Waals surface area contributed by atoms with E-state index in [2.05, 4.69) is 41.4 Å². The monoisotopic (exact) mass is 511 g/mol. The number of ketones is 1. The zero-order chi connectivity index (χ0) is 26.3. The van der Waals surface area contributed by atoms with Gasteiger partial charge in [-0.2, -0.15) is 0 Å². The molecule has 11 heteroatoms. The van der Waals surface area contributed by atoms with Crippen LogP contribution in [0.4, 0.5) is 4.39 Å². The summed E-state index contributed by atoms with van der Waals surface area (Å²) in [6, 6.07) is -0.665. The Hall–Kier alpha value is -3.37. The number of fused-ring (bicyclic) bond motifs is 1. The van der Waals surface area contributed by atoms with Gasteiger partial charge in [0, 0.05) is 43.9 Å². The molecule has 1 N–H and O–H groups in total. The number of carbonyl (C=O) groups excluding carboxylic acids is 3. The third-order valence-corrected chi connectivity index (χ3v) is 8.28. The lowest BCUT2D eigenvalue weighted by atomic mass is 9.69. The summed E-state index contributed by atoms with van der Waals surface area (Å²) in [5, 5.41) is 10.6. The summed E-state index contributed by atoms with van der Waals surface area (Å²) in [6.45, 7) is 8.15. The van der Waals surface area contributed by atoms with Crippen LogP contribution in [0.3, 0.4) is 0 Å². The number of nitrogens with one attached hydrogen (secondary N) is 1. The summed E-state index contributed by atoms with van der Waals surface area (Å²) in [4.78, 5) is 46.8. The standard InChI is InChI=1S/C26H34FN7O3/c1-26(2,3)17-6-4-16(5-7-17)24(36)32-10-12-33(13-11-32)25(37)22(35)18-14-28-21-20(18)19(27)15-29-23(21)34-9-8-30-31-34/h8-9,14-17,20-21,28H,4-7,10-13H2,1-3H3. The first kappa shape index (κ1) is 25.3. The summed E-state index contributed by atoms with van der Waals surface area (Å²) < 4.78 is 16.2. The summed E-state index contributed by atoms with van der Waals surface area (Å²) >= 11 is 0. The van der Waals surface area contributed by atoms with Gasteiger partial charge < -0.3 is 15.1 Å². The van der Waals surface area contributed by atoms with Crippen molar-refractivity contribution < 1.29 is 18.8 Å². The van der Waals surface area contributed by atoms with Crippen LogP contribution < -0.4 is 5.32 Å². The number of amides is 2. The lowest BCUT2D eigenvalue weighted by Crippen LogP contribution is -2.54. The molecule has 198 valence electrons. The molecule has 0 aromatic carbocycles.